The highest BCUT2D eigenvalue weighted by atomic mass is 79.9. The molecule has 1 N–H and O–H groups in total. The molecule has 1 rings (SSSR count). The van der Waals surface area contributed by atoms with E-state index in [1.807, 2.05) is 24.3 Å². The van der Waals surface area contributed by atoms with Crippen LogP contribution in [0.5, 0.6) is 0 Å². The molecule has 0 unspecified atom stereocenters. The summed E-state index contributed by atoms with van der Waals surface area (Å²) in [4.78, 5) is 0. The highest BCUT2D eigenvalue weighted by Crippen LogP contribution is 2.23. The monoisotopic (exact) mass is 303 g/mol. The average Bonchev–Trinajstić information content (AvgIpc) is 2.17. The highest BCUT2D eigenvalue weighted by Gasteiger charge is 2.24. The summed E-state index contributed by atoms with van der Waals surface area (Å²) in [6.07, 6.45) is 0. The maximum absolute atomic E-state index is 11.4. The Kier molecular flexibility index (Phi) is 3.93. The summed E-state index contributed by atoms with van der Waals surface area (Å²) in [5.41, 5.74) is 0.231. The molecule has 1 aromatic rings. The summed E-state index contributed by atoms with van der Waals surface area (Å²) >= 11 is 3.33. The molecular weight excluding hydrogens is 290 g/mol. The zero-order chi connectivity index (χ0) is 12.4. The number of sulfonamides is 1. The molecule has 0 aliphatic carbocycles. The minimum atomic E-state index is -3.43. The number of hydrogen-bond acceptors (Lipinski definition) is 2. The third-order valence-electron chi connectivity index (χ3n) is 2.18. The van der Waals surface area contributed by atoms with Gasteiger partial charge in [0.15, 0.2) is 0 Å². The van der Waals surface area contributed by atoms with Gasteiger partial charge in [0.2, 0.25) is 10.0 Å². The zero-order valence-electron chi connectivity index (χ0n) is 9.20. The van der Waals surface area contributed by atoms with Crippen LogP contribution < -0.4 is 4.72 Å². The number of rotatable bonds is 4. The quantitative estimate of drug-likeness (QED) is 0.929. The molecule has 0 aromatic heterocycles. The standard InChI is InChI=1S/C11H14BrNO2S/c1-4-16(14,15)13-11(2,3)9-5-7-10(12)8-6-9/h4-8,13H,1H2,2-3H3. The van der Waals surface area contributed by atoms with Crippen LogP contribution in [0.25, 0.3) is 0 Å². The lowest BCUT2D eigenvalue weighted by atomic mass is 9.96. The van der Waals surface area contributed by atoms with E-state index in [1.54, 1.807) is 13.8 Å². The Morgan fingerprint density at radius 1 is 1.31 bits per heavy atom. The third-order valence-corrected chi connectivity index (χ3v) is 3.95. The summed E-state index contributed by atoms with van der Waals surface area (Å²) in [6, 6.07) is 7.49. The molecule has 3 nitrogen and oxygen atoms in total. The van der Waals surface area contributed by atoms with E-state index in [1.165, 1.54) is 0 Å². The molecule has 0 aliphatic rings. The predicted octanol–water partition coefficient (Wildman–Crippen LogP) is 2.75. The van der Waals surface area contributed by atoms with Crippen molar-refractivity contribution in [3.63, 3.8) is 0 Å². The summed E-state index contributed by atoms with van der Waals surface area (Å²) in [7, 11) is -3.43. The molecule has 0 heterocycles. The van der Waals surface area contributed by atoms with Crippen LogP contribution in [0.15, 0.2) is 40.7 Å². The molecule has 0 spiro atoms. The van der Waals surface area contributed by atoms with Gasteiger partial charge in [0.25, 0.3) is 0 Å². The Labute approximate surface area is 105 Å². The summed E-state index contributed by atoms with van der Waals surface area (Å²) in [6.45, 7) is 6.87. The minimum absolute atomic E-state index is 0.659. The maximum Gasteiger partial charge on any atom is 0.233 e. The second-order valence-electron chi connectivity index (χ2n) is 3.95. The van der Waals surface area contributed by atoms with E-state index in [0.29, 0.717) is 0 Å². The first-order valence-electron chi connectivity index (χ1n) is 4.69. The molecule has 0 fully saturated rings. The van der Waals surface area contributed by atoms with Crippen molar-refractivity contribution < 1.29 is 8.42 Å². The van der Waals surface area contributed by atoms with E-state index in [-0.39, 0.29) is 0 Å². The van der Waals surface area contributed by atoms with E-state index in [9.17, 15) is 8.42 Å². The van der Waals surface area contributed by atoms with Crippen molar-refractivity contribution in [3.05, 3.63) is 46.3 Å². The number of nitrogens with one attached hydrogen (secondary N) is 1. The summed E-state index contributed by atoms with van der Waals surface area (Å²) in [5.74, 6) is 0. The van der Waals surface area contributed by atoms with Crippen molar-refractivity contribution in [1.29, 1.82) is 0 Å². The molecule has 0 amide bonds. The lowest BCUT2D eigenvalue weighted by Gasteiger charge is -2.25. The Hall–Kier alpha value is -0.650. The van der Waals surface area contributed by atoms with Crippen molar-refractivity contribution in [1.82, 2.24) is 4.72 Å². The lowest BCUT2D eigenvalue weighted by molar-refractivity contribution is 0.476. The predicted molar refractivity (Wildman–Crippen MR) is 69.4 cm³/mol. The van der Waals surface area contributed by atoms with Gasteiger partial charge >= 0.3 is 0 Å². The van der Waals surface area contributed by atoms with Crippen molar-refractivity contribution in [2.24, 2.45) is 0 Å². The smallest absolute Gasteiger partial charge is 0.208 e. The fourth-order valence-electron chi connectivity index (χ4n) is 1.32. The van der Waals surface area contributed by atoms with Crippen LogP contribution in [-0.2, 0) is 15.6 Å². The van der Waals surface area contributed by atoms with Crippen molar-refractivity contribution in [2.75, 3.05) is 0 Å². The molecule has 16 heavy (non-hydrogen) atoms. The second kappa shape index (κ2) is 4.69. The molecule has 5 heteroatoms. The van der Waals surface area contributed by atoms with Crippen molar-refractivity contribution in [2.45, 2.75) is 19.4 Å². The van der Waals surface area contributed by atoms with Gasteiger partial charge in [0.05, 0.1) is 5.54 Å². The fourth-order valence-corrected chi connectivity index (χ4v) is 2.50. The Balaban J connectivity index is 3.02. The van der Waals surface area contributed by atoms with Crippen LogP contribution in [-0.4, -0.2) is 8.42 Å². The van der Waals surface area contributed by atoms with Gasteiger partial charge in [0.1, 0.15) is 0 Å². The summed E-state index contributed by atoms with van der Waals surface area (Å²) in [5, 5.41) is 0.910. The first kappa shape index (κ1) is 13.4. The Morgan fingerprint density at radius 3 is 2.25 bits per heavy atom. The highest BCUT2D eigenvalue weighted by molar-refractivity contribution is 9.10. The first-order valence-corrected chi connectivity index (χ1v) is 7.03. The van der Waals surface area contributed by atoms with Crippen LogP contribution in [0.3, 0.4) is 0 Å². The molecule has 0 radical (unpaired) electrons. The van der Waals surface area contributed by atoms with Crippen LogP contribution in [0.4, 0.5) is 0 Å². The van der Waals surface area contributed by atoms with E-state index < -0.39 is 15.6 Å². The normalized spacial score (nSPS) is 12.4. The topological polar surface area (TPSA) is 46.2 Å². The third kappa shape index (κ3) is 3.43. The van der Waals surface area contributed by atoms with Crippen LogP contribution >= 0.6 is 15.9 Å². The van der Waals surface area contributed by atoms with E-state index in [4.69, 9.17) is 0 Å². The first-order chi connectivity index (χ1) is 7.27. The number of hydrogen-bond donors (Lipinski definition) is 1. The molecule has 0 saturated carbocycles. The maximum atomic E-state index is 11.4. The minimum Gasteiger partial charge on any atom is -0.208 e. The second-order valence-corrected chi connectivity index (χ2v) is 6.49. The largest absolute Gasteiger partial charge is 0.233 e. The SMILES string of the molecule is C=CS(=O)(=O)NC(C)(C)c1ccc(Br)cc1. The number of benzene rings is 1. The van der Waals surface area contributed by atoms with Crippen LogP contribution in [0.2, 0.25) is 0 Å². The van der Waals surface area contributed by atoms with Gasteiger partial charge in [-0.15, -0.1) is 0 Å². The fraction of sp³-hybridized carbons (Fsp3) is 0.273. The Morgan fingerprint density at radius 2 is 1.81 bits per heavy atom. The van der Waals surface area contributed by atoms with Crippen LogP contribution in [0, 0.1) is 0 Å². The van der Waals surface area contributed by atoms with Gasteiger partial charge in [-0.25, -0.2) is 13.1 Å². The van der Waals surface area contributed by atoms with Gasteiger partial charge in [-0.05, 0) is 31.5 Å². The van der Waals surface area contributed by atoms with Crippen molar-refractivity contribution >= 4 is 26.0 Å². The van der Waals surface area contributed by atoms with Crippen molar-refractivity contribution in [3.8, 4) is 0 Å². The molecule has 0 aliphatic heterocycles. The van der Waals surface area contributed by atoms with Gasteiger partial charge in [-0.2, -0.15) is 0 Å². The average molecular weight is 304 g/mol. The van der Waals surface area contributed by atoms with Gasteiger partial charge in [-0.3, -0.25) is 0 Å². The summed E-state index contributed by atoms with van der Waals surface area (Å²) < 4.78 is 26.3. The zero-order valence-corrected chi connectivity index (χ0v) is 11.6. The van der Waals surface area contributed by atoms with Crippen LogP contribution in [0.1, 0.15) is 19.4 Å². The van der Waals surface area contributed by atoms with Gasteiger partial charge in [-0.1, -0.05) is 34.6 Å². The Bertz CT molecular complexity index is 477. The molecule has 88 valence electrons. The van der Waals surface area contributed by atoms with Gasteiger partial charge < -0.3 is 0 Å². The van der Waals surface area contributed by atoms with E-state index in [0.717, 1.165) is 15.4 Å². The molecular formula is C11H14BrNO2S. The van der Waals surface area contributed by atoms with E-state index in [2.05, 4.69) is 27.2 Å². The molecule has 1 aromatic carbocycles. The molecule has 0 atom stereocenters. The lowest BCUT2D eigenvalue weighted by Crippen LogP contribution is -2.39. The molecule has 0 bridgehead atoms. The van der Waals surface area contributed by atoms with Gasteiger partial charge in [0, 0.05) is 9.88 Å². The molecule has 0 saturated heterocycles. The van der Waals surface area contributed by atoms with E-state index >= 15 is 0 Å². The number of halogens is 1.